The lowest BCUT2D eigenvalue weighted by Crippen LogP contribution is -2.34. The first-order valence-electron chi connectivity index (χ1n) is 6.82. The number of carboxylic acid groups (broad SMARTS) is 1. The first kappa shape index (κ1) is 13.1. The number of allylic oxidation sites excluding steroid dienone is 2. The fourth-order valence-electron chi connectivity index (χ4n) is 2.87. The van der Waals surface area contributed by atoms with Gasteiger partial charge in [-0.1, -0.05) is 12.2 Å². The van der Waals surface area contributed by atoms with Crippen molar-refractivity contribution in [3.63, 3.8) is 0 Å². The fraction of sp³-hybridized carbons (Fsp3) is 0.714. The molecule has 0 radical (unpaired) electrons. The number of aliphatic carboxylic acids is 1. The van der Waals surface area contributed by atoms with E-state index in [1.54, 1.807) is 0 Å². The molecule has 100 valence electrons. The number of hydrogen-bond acceptors (Lipinski definition) is 2. The number of rotatable bonds is 4. The summed E-state index contributed by atoms with van der Waals surface area (Å²) in [7, 11) is 0. The number of carbonyl (C=O) groups is 2. The molecule has 18 heavy (non-hydrogen) atoms. The quantitative estimate of drug-likeness (QED) is 0.778. The zero-order chi connectivity index (χ0) is 13.0. The van der Waals surface area contributed by atoms with Crippen LogP contribution in [0.2, 0.25) is 0 Å². The fourth-order valence-corrected chi connectivity index (χ4v) is 2.87. The number of likely N-dealkylation sites (tertiary alicyclic amines) is 1. The highest BCUT2D eigenvalue weighted by atomic mass is 16.4. The first-order chi connectivity index (χ1) is 8.66. The molecule has 0 spiro atoms. The summed E-state index contributed by atoms with van der Waals surface area (Å²) in [6, 6.07) is 0. The Balaban J connectivity index is 1.79. The van der Waals surface area contributed by atoms with Crippen molar-refractivity contribution in [3.05, 3.63) is 12.2 Å². The lowest BCUT2D eigenvalue weighted by atomic mass is 9.93. The van der Waals surface area contributed by atoms with E-state index in [0.29, 0.717) is 12.3 Å². The number of carboxylic acids is 1. The van der Waals surface area contributed by atoms with Gasteiger partial charge in [0, 0.05) is 25.4 Å². The topological polar surface area (TPSA) is 57.6 Å². The van der Waals surface area contributed by atoms with Crippen LogP contribution in [0.25, 0.3) is 0 Å². The summed E-state index contributed by atoms with van der Waals surface area (Å²) in [5, 5.41) is 8.66. The Hall–Kier alpha value is -1.32. The molecule has 2 rings (SSSR count). The smallest absolute Gasteiger partial charge is 0.303 e. The molecule has 1 N–H and O–H groups in total. The van der Waals surface area contributed by atoms with E-state index in [4.69, 9.17) is 5.11 Å². The van der Waals surface area contributed by atoms with E-state index in [1.165, 1.54) is 0 Å². The van der Waals surface area contributed by atoms with Crippen molar-refractivity contribution < 1.29 is 14.7 Å². The zero-order valence-corrected chi connectivity index (χ0v) is 10.7. The molecule has 4 nitrogen and oxygen atoms in total. The van der Waals surface area contributed by atoms with Gasteiger partial charge < -0.3 is 10.0 Å². The maximum absolute atomic E-state index is 12.3. The highest BCUT2D eigenvalue weighted by Gasteiger charge is 2.30. The van der Waals surface area contributed by atoms with Crippen LogP contribution in [0.1, 0.15) is 38.5 Å². The van der Waals surface area contributed by atoms with Crippen LogP contribution < -0.4 is 0 Å². The predicted octanol–water partition coefficient (Wildman–Crippen LogP) is 2.06. The standard InChI is InChI=1S/C14H21NO3/c16-13(17)7-6-11-8-9-15(10-11)14(18)12-4-2-1-3-5-12/h1-2,11-12H,3-10H2,(H,16,17). The largest absolute Gasteiger partial charge is 0.481 e. The van der Waals surface area contributed by atoms with Crippen molar-refractivity contribution >= 4 is 11.9 Å². The van der Waals surface area contributed by atoms with Crippen LogP contribution in [0, 0.1) is 11.8 Å². The summed E-state index contributed by atoms with van der Waals surface area (Å²) >= 11 is 0. The second-order valence-corrected chi connectivity index (χ2v) is 5.35. The van der Waals surface area contributed by atoms with Crippen LogP contribution in [0.15, 0.2) is 12.2 Å². The third-order valence-electron chi connectivity index (χ3n) is 3.98. The number of hydrogen-bond donors (Lipinski definition) is 1. The maximum Gasteiger partial charge on any atom is 0.303 e. The van der Waals surface area contributed by atoms with Gasteiger partial charge in [0.15, 0.2) is 0 Å². The Morgan fingerprint density at radius 2 is 2.11 bits per heavy atom. The molecule has 0 saturated carbocycles. The van der Waals surface area contributed by atoms with Crippen LogP contribution in [-0.4, -0.2) is 35.0 Å². The molecular weight excluding hydrogens is 230 g/mol. The van der Waals surface area contributed by atoms with E-state index in [9.17, 15) is 9.59 Å². The summed E-state index contributed by atoms with van der Waals surface area (Å²) in [5.74, 6) is 0.0757. The van der Waals surface area contributed by atoms with E-state index in [1.807, 2.05) is 4.90 Å². The third-order valence-corrected chi connectivity index (χ3v) is 3.98. The van der Waals surface area contributed by atoms with Gasteiger partial charge >= 0.3 is 5.97 Å². The Morgan fingerprint density at radius 1 is 1.28 bits per heavy atom. The van der Waals surface area contributed by atoms with Crippen LogP contribution in [0.3, 0.4) is 0 Å². The third kappa shape index (κ3) is 3.34. The maximum atomic E-state index is 12.3. The van der Waals surface area contributed by atoms with E-state index < -0.39 is 5.97 Å². The summed E-state index contributed by atoms with van der Waals surface area (Å²) in [6.07, 6.45) is 8.96. The van der Waals surface area contributed by atoms with Crippen molar-refractivity contribution in [1.29, 1.82) is 0 Å². The second-order valence-electron chi connectivity index (χ2n) is 5.35. The van der Waals surface area contributed by atoms with Gasteiger partial charge in [-0.25, -0.2) is 0 Å². The van der Waals surface area contributed by atoms with Gasteiger partial charge in [-0.3, -0.25) is 9.59 Å². The summed E-state index contributed by atoms with van der Waals surface area (Å²) in [4.78, 5) is 24.7. The van der Waals surface area contributed by atoms with Crippen LogP contribution >= 0.6 is 0 Å². The Kier molecular flexibility index (Phi) is 4.39. The Labute approximate surface area is 108 Å². The second kappa shape index (κ2) is 6.03. The minimum Gasteiger partial charge on any atom is -0.481 e. The highest BCUT2D eigenvalue weighted by Crippen LogP contribution is 2.26. The van der Waals surface area contributed by atoms with Gasteiger partial charge in [0.1, 0.15) is 0 Å². The normalized spacial score (nSPS) is 27.4. The molecule has 0 bridgehead atoms. The van der Waals surface area contributed by atoms with E-state index in [-0.39, 0.29) is 18.2 Å². The molecule has 1 fully saturated rings. The molecule has 1 aliphatic carbocycles. The van der Waals surface area contributed by atoms with Crippen LogP contribution in [-0.2, 0) is 9.59 Å². The Bertz CT molecular complexity index is 351. The molecule has 1 aliphatic heterocycles. The van der Waals surface area contributed by atoms with Gasteiger partial charge in [0.25, 0.3) is 0 Å². The molecule has 1 heterocycles. The van der Waals surface area contributed by atoms with Crippen molar-refractivity contribution in [2.45, 2.75) is 38.5 Å². The van der Waals surface area contributed by atoms with Gasteiger partial charge in [-0.15, -0.1) is 0 Å². The van der Waals surface area contributed by atoms with Crippen molar-refractivity contribution in [3.8, 4) is 0 Å². The van der Waals surface area contributed by atoms with E-state index in [0.717, 1.165) is 38.8 Å². The zero-order valence-electron chi connectivity index (χ0n) is 10.7. The van der Waals surface area contributed by atoms with E-state index in [2.05, 4.69) is 12.2 Å². The predicted molar refractivity (Wildman–Crippen MR) is 68.0 cm³/mol. The molecule has 1 saturated heterocycles. The van der Waals surface area contributed by atoms with Gasteiger partial charge in [0.2, 0.25) is 5.91 Å². The van der Waals surface area contributed by atoms with Crippen LogP contribution in [0.4, 0.5) is 0 Å². The lowest BCUT2D eigenvalue weighted by Gasteiger charge is -2.24. The van der Waals surface area contributed by atoms with Crippen molar-refractivity contribution in [2.75, 3.05) is 13.1 Å². The minimum absolute atomic E-state index is 0.160. The SMILES string of the molecule is O=C(O)CCC1CCN(C(=O)C2CC=CCC2)C1. The molecule has 1 amide bonds. The molecule has 2 unspecified atom stereocenters. The van der Waals surface area contributed by atoms with E-state index >= 15 is 0 Å². The number of amides is 1. The lowest BCUT2D eigenvalue weighted by molar-refractivity contribution is -0.137. The molecule has 0 aromatic rings. The summed E-state index contributed by atoms with van der Waals surface area (Å²) in [5.41, 5.74) is 0. The van der Waals surface area contributed by atoms with Crippen molar-refractivity contribution in [1.82, 2.24) is 4.90 Å². The highest BCUT2D eigenvalue weighted by molar-refractivity contribution is 5.79. The molecule has 0 aromatic carbocycles. The molecule has 2 aliphatic rings. The van der Waals surface area contributed by atoms with Gasteiger partial charge in [-0.2, -0.15) is 0 Å². The molecule has 0 aromatic heterocycles. The minimum atomic E-state index is -0.739. The first-order valence-corrected chi connectivity index (χ1v) is 6.82. The Morgan fingerprint density at radius 3 is 2.78 bits per heavy atom. The van der Waals surface area contributed by atoms with Crippen LogP contribution in [0.5, 0.6) is 0 Å². The molecule has 2 atom stereocenters. The average Bonchev–Trinajstić information content (AvgIpc) is 2.85. The summed E-state index contributed by atoms with van der Waals surface area (Å²) in [6.45, 7) is 1.57. The number of carbonyl (C=O) groups excluding carboxylic acids is 1. The summed E-state index contributed by atoms with van der Waals surface area (Å²) < 4.78 is 0. The van der Waals surface area contributed by atoms with Gasteiger partial charge in [0.05, 0.1) is 0 Å². The monoisotopic (exact) mass is 251 g/mol. The van der Waals surface area contributed by atoms with Gasteiger partial charge in [-0.05, 0) is 38.0 Å². The van der Waals surface area contributed by atoms with Crippen molar-refractivity contribution in [2.24, 2.45) is 11.8 Å². The molecular formula is C14H21NO3. The average molecular weight is 251 g/mol. The molecule has 4 heteroatoms. The number of nitrogens with zero attached hydrogens (tertiary/aromatic N) is 1.